The molecule has 1 unspecified atom stereocenters. The summed E-state index contributed by atoms with van der Waals surface area (Å²) in [5.41, 5.74) is 1.11. The smallest absolute Gasteiger partial charge is 0.0633 e. The summed E-state index contributed by atoms with van der Waals surface area (Å²) in [5, 5.41) is 7.98. The molecule has 0 amide bonds. The fourth-order valence-corrected chi connectivity index (χ4v) is 1.56. The van der Waals surface area contributed by atoms with Crippen LogP contribution in [0.1, 0.15) is 32.9 Å². The lowest BCUT2D eigenvalue weighted by Crippen LogP contribution is -2.11. The van der Waals surface area contributed by atoms with Gasteiger partial charge in [-0.05, 0) is 30.4 Å². The van der Waals surface area contributed by atoms with Gasteiger partial charge in [-0.3, -0.25) is 0 Å². The van der Waals surface area contributed by atoms with Crippen LogP contribution in [0.4, 0.5) is 0 Å². The number of aromatic nitrogens is 2. The van der Waals surface area contributed by atoms with Gasteiger partial charge >= 0.3 is 0 Å². The molecule has 0 aromatic carbocycles. The normalized spacial score (nSPS) is 13.2. The predicted molar refractivity (Wildman–Crippen MR) is 54.4 cm³/mol. The summed E-state index contributed by atoms with van der Waals surface area (Å²) in [7, 11) is 0. The highest BCUT2D eigenvalue weighted by Crippen LogP contribution is 2.18. The maximum atomic E-state index is 4.10. The fourth-order valence-electron chi connectivity index (χ4n) is 1.56. The third-order valence-electron chi connectivity index (χ3n) is 2.57. The van der Waals surface area contributed by atoms with E-state index in [-0.39, 0.29) is 0 Å². The van der Waals surface area contributed by atoms with Gasteiger partial charge < -0.3 is 0 Å². The van der Waals surface area contributed by atoms with Crippen LogP contribution >= 0.6 is 0 Å². The van der Waals surface area contributed by atoms with Gasteiger partial charge in [-0.1, -0.05) is 27.2 Å². The molecular weight excluding hydrogens is 160 g/mol. The maximum Gasteiger partial charge on any atom is 0.0633 e. The Bertz CT molecular complexity index is 231. The summed E-state index contributed by atoms with van der Waals surface area (Å²) < 4.78 is 0. The molecule has 2 heteroatoms. The van der Waals surface area contributed by atoms with Crippen LogP contribution in [0, 0.1) is 11.8 Å². The quantitative estimate of drug-likeness (QED) is 0.708. The first kappa shape index (κ1) is 10.2. The zero-order valence-electron chi connectivity index (χ0n) is 8.70. The molecule has 2 nitrogen and oxygen atoms in total. The molecule has 1 heterocycles. The minimum Gasteiger partial charge on any atom is -0.159 e. The summed E-state index contributed by atoms with van der Waals surface area (Å²) in [6.07, 6.45) is 4.00. The minimum absolute atomic E-state index is 0.729. The van der Waals surface area contributed by atoms with E-state index in [2.05, 4.69) is 37.0 Å². The lowest BCUT2D eigenvalue weighted by Gasteiger charge is -2.17. The van der Waals surface area contributed by atoms with Gasteiger partial charge in [0, 0.05) is 6.20 Å². The molecule has 0 saturated carbocycles. The molecule has 1 atom stereocenters. The molecule has 1 rings (SSSR count). The van der Waals surface area contributed by atoms with E-state index < -0.39 is 0 Å². The number of rotatable bonds is 4. The second kappa shape index (κ2) is 4.95. The molecule has 72 valence electrons. The van der Waals surface area contributed by atoms with E-state index >= 15 is 0 Å². The summed E-state index contributed by atoms with van der Waals surface area (Å²) in [6, 6.07) is 4.01. The number of nitrogens with zero attached hydrogens (tertiary/aromatic N) is 2. The first-order valence-electron chi connectivity index (χ1n) is 5.00. The van der Waals surface area contributed by atoms with E-state index in [1.165, 1.54) is 6.42 Å². The fraction of sp³-hybridized carbons (Fsp3) is 0.636. The van der Waals surface area contributed by atoms with Crippen molar-refractivity contribution in [1.82, 2.24) is 10.2 Å². The van der Waals surface area contributed by atoms with Gasteiger partial charge in [-0.25, -0.2) is 0 Å². The Balaban J connectivity index is 2.57. The van der Waals surface area contributed by atoms with Gasteiger partial charge in [0.1, 0.15) is 0 Å². The molecule has 0 fully saturated rings. The van der Waals surface area contributed by atoms with Crippen LogP contribution in [0.15, 0.2) is 18.3 Å². The Morgan fingerprint density at radius 2 is 2.15 bits per heavy atom. The molecule has 0 N–H and O–H groups in total. The maximum absolute atomic E-state index is 4.10. The van der Waals surface area contributed by atoms with Gasteiger partial charge in [-0.2, -0.15) is 10.2 Å². The molecule has 0 aliphatic heterocycles. The minimum atomic E-state index is 0.729. The molecule has 1 aromatic rings. The van der Waals surface area contributed by atoms with Crippen molar-refractivity contribution < 1.29 is 0 Å². The monoisotopic (exact) mass is 178 g/mol. The molecule has 0 radical (unpaired) electrons. The van der Waals surface area contributed by atoms with Crippen molar-refractivity contribution in [2.24, 2.45) is 11.8 Å². The zero-order chi connectivity index (χ0) is 9.68. The second-order valence-corrected chi connectivity index (χ2v) is 3.83. The third-order valence-corrected chi connectivity index (χ3v) is 2.57. The van der Waals surface area contributed by atoms with Gasteiger partial charge in [0.25, 0.3) is 0 Å². The summed E-state index contributed by atoms with van der Waals surface area (Å²) in [4.78, 5) is 0. The zero-order valence-corrected chi connectivity index (χ0v) is 8.70. The number of hydrogen-bond donors (Lipinski definition) is 0. The molecule has 13 heavy (non-hydrogen) atoms. The lowest BCUT2D eigenvalue weighted by molar-refractivity contribution is 0.367. The first-order valence-corrected chi connectivity index (χ1v) is 5.00. The van der Waals surface area contributed by atoms with E-state index in [0.29, 0.717) is 0 Å². The van der Waals surface area contributed by atoms with Gasteiger partial charge in [-0.15, -0.1) is 0 Å². The Morgan fingerprint density at radius 1 is 1.38 bits per heavy atom. The largest absolute Gasteiger partial charge is 0.159 e. The van der Waals surface area contributed by atoms with E-state index in [9.17, 15) is 0 Å². The highest BCUT2D eigenvalue weighted by Gasteiger charge is 2.12. The Hall–Kier alpha value is -0.920. The van der Waals surface area contributed by atoms with Gasteiger partial charge in [0.05, 0.1) is 5.69 Å². The average molecular weight is 178 g/mol. The average Bonchev–Trinajstić information content (AvgIpc) is 2.15. The highest BCUT2D eigenvalue weighted by molar-refractivity contribution is 5.00. The van der Waals surface area contributed by atoms with Crippen LogP contribution < -0.4 is 0 Å². The van der Waals surface area contributed by atoms with Crippen LogP contribution in [0.3, 0.4) is 0 Å². The Labute approximate surface area is 80.4 Å². The Kier molecular flexibility index (Phi) is 3.87. The summed E-state index contributed by atoms with van der Waals surface area (Å²) >= 11 is 0. The van der Waals surface area contributed by atoms with Crippen LogP contribution in [0.2, 0.25) is 0 Å². The standard InChI is InChI=1S/C11H18N2/c1-4-10(9(2)3)8-11-6-5-7-12-13-11/h5-7,9-10H,4,8H2,1-3H3. The van der Waals surface area contributed by atoms with E-state index in [1.807, 2.05) is 6.07 Å². The van der Waals surface area contributed by atoms with Crippen LogP contribution in [-0.2, 0) is 6.42 Å². The first-order chi connectivity index (χ1) is 6.24. The second-order valence-electron chi connectivity index (χ2n) is 3.83. The summed E-state index contributed by atoms with van der Waals surface area (Å²) in [6.45, 7) is 6.77. The van der Waals surface area contributed by atoms with E-state index in [4.69, 9.17) is 0 Å². The molecule has 0 bridgehead atoms. The van der Waals surface area contributed by atoms with Crippen molar-refractivity contribution in [3.8, 4) is 0 Å². The van der Waals surface area contributed by atoms with Crippen molar-refractivity contribution in [3.05, 3.63) is 24.0 Å². The van der Waals surface area contributed by atoms with Crippen LogP contribution in [0.5, 0.6) is 0 Å². The molecule has 1 aromatic heterocycles. The predicted octanol–water partition coefficient (Wildman–Crippen LogP) is 2.70. The van der Waals surface area contributed by atoms with Gasteiger partial charge in [0.2, 0.25) is 0 Å². The summed E-state index contributed by atoms with van der Waals surface area (Å²) in [5.74, 6) is 1.46. The van der Waals surface area contributed by atoms with Crippen molar-refractivity contribution in [1.29, 1.82) is 0 Å². The number of hydrogen-bond acceptors (Lipinski definition) is 2. The SMILES string of the molecule is CCC(Cc1cccnn1)C(C)C. The lowest BCUT2D eigenvalue weighted by atomic mass is 9.89. The van der Waals surface area contributed by atoms with Crippen molar-refractivity contribution in [2.45, 2.75) is 33.6 Å². The molecular formula is C11H18N2. The highest BCUT2D eigenvalue weighted by atomic mass is 15.1. The molecule has 0 saturated heterocycles. The van der Waals surface area contributed by atoms with Crippen LogP contribution in [-0.4, -0.2) is 10.2 Å². The van der Waals surface area contributed by atoms with Crippen molar-refractivity contribution in [2.75, 3.05) is 0 Å². The van der Waals surface area contributed by atoms with Crippen molar-refractivity contribution >= 4 is 0 Å². The molecule has 0 aliphatic rings. The molecule has 0 aliphatic carbocycles. The Morgan fingerprint density at radius 3 is 2.62 bits per heavy atom. The van der Waals surface area contributed by atoms with E-state index in [1.54, 1.807) is 6.20 Å². The molecule has 0 spiro atoms. The third kappa shape index (κ3) is 3.13. The van der Waals surface area contributed by atoms with E-state index in [0.717, 1.165) is 24.0 Å². The van der Waals surface area contributed by atoms with Crippen molar-refractivity contribution in [3.63, 3.8) is 0 Å². The topological polar surface area (TPSA) is 25.8 Å². The van der Waals surface area contributed by atoms with Gasteiger partial charge in [0.15, 0.2) is 0 Å². The van der Waals surface area contributed by atoms with Crippen LogP contribution in [0.25, 0.3) is 0 Å².